The van der Waals surface area contributed by atoms with Crippen LogP contribution in [0.3, 0.4) is 0 Å². The minimum absolute atomic E-state index is 0.379. The second-order valence-corrected chi connectivity index (χ2v) is 4.52. The molecule has 0 aromatic carbocycles. The van der Waals surface area contributed by atoms with Crippen molar-refractivity contribution in [3.63, 3.8) is 0 Å². The van der Waals surface area contributed by atoms with Crippen LogP contribution < -0.4 is 5.73 Å². The standard InChI is InChI=1S/C12H26N2O2/c1-4-16-9-10(2)14-6-5-12(15-3)7-11(14)8-13/h10-12H,4-9,13H2,1-3H3. The third-order valence-corrected chi connectivity index (χ3v) is 3.45. The van der Waals surface area contributed by atoms with Crippen LogP contribution in [0, 0.1) is 0 Å². The van der Waals surface area contributed by atoms with Gasteiger partial charge in [0.15, 0.2) is 0 Å². The van der Waals surface area contributed by atoms with Gasteiger partial charge in [-0.2, -0.15) is 0 Å². The Labute approximate surface area is 99.1 Å². The molecule has 4 heteroatoms. The van der Waals surface area contributed by atoms with E-state index in [9.17, 15) is 0 Å². The molecule has 1 saturated heterocycles. The lowest BCUT2D eigenvalue weighted by Gasteiger charge is -2.41. The molecule has 0 bridgehead atoms. The fourth-order valence-electron chi connectivity index (χ4n) is 2.44. The van der Waals surface area contributed by atoms with E-state index in [4.69, 9.17) is 15.2 Å². The number of hydrogen-bond acceptors (Lipinski definition) is 4. The van der Waals surface area contributed by atoms with Crippen LogP contribution in [-0.2, 0) is 9.47 Å². The summed E-state index contributed by atoms with van der Waals surface area (Å²) < 4.78 is 10.9. The van der Waals surface area contributed by atoms with Crippen LogP contribution in [0.4, 0.5) is 0 Å². The van der Waals surface area contributed by atoms with E-state index in [1.807, 2.05) is 6.92 Å². The second-order valence-electron chi connectivity index (χ2n) is 4.52. The Morgan fingerprint density at radius 3 is 2.81 bits per heavy atom. The van der Waals surface area contributed by atoms with Gasteiger partial charge in [-0.3, -0.25) is 4.90 Å². The highest BCUT2D eigenvalue weighted by atomic mass is 16.5. The van der Waals surface area contributed by atoms with E-state index >= 15 is 0 Å². The van der Waals surface area contributed by atoms with E-state index in [0.717, 1.165) is 32.6 Å². The maximum Gasteiger partial charge on any atom is 0.0619 e. The zero-order valence-corrected chi connectivity index (χ0v) is 10.8. The van der Waals surface area contributed by atoms with Gasteiger partial charge in [0.05, 0.1) is 12.7 Å². The smallest absolute Gasteiger partial charge is 0.0619 e. The lowest BCUT2D eigenvalue weighted by molar-refractivity contribution is -0.0199. The largest absolute Gasteiger partial charge is 0.381 e. The molecule has 16 heavy (non-hydrogen) atoms. The van der Waals surface area contributed by atoms with Crippen molar-refractivity contribution in [1.29, 1.82) is 0 Å². The second kappa shape index (κ2) is 7.22. The summed E-state index contributed by atoms with van der Waals surface area (Å²) in [6.45, 7) is 7.59. The minimum Gasteiger partial charge on any atom is -0.381 e. The molecule has 3 unspecified atom stereocenters. The average Bonchev–Trinajstić information content (AvgIpc) is 2.34. The van der Waals surface area contributed by atoms with Gasteiger partial charge in [0.2, 0.25) is 0 Å². The number of methoxy groups -OCH3 is 1. The molecule has 0 radical (unpaired) electrons. The average molecular weight is 230 g/mol. The molecule has 1 rings (SSSR count). The van der Waals surface area contributed by atoms with Crippen LogP contribution in [-0.4, -0.2) is 56.5 Å². The van der Waals surface area contributed by atoms with E-state index in [1.165, 1.54) is 0 Å². The molecule has 0 saturated carbocycles. The van der Waals surface area contributed by atoms with Gasteiger partial charge < -0.3 is 15.2 Å². The van der Waals surface area contributed by atoms with Gasteiger partial charge in [-0.15, -0.1) is 0 Å². The van der Waals surface area contributed by atoms with Crippen LogP contribution in [0.15, 0.2) is 0 Å². The third kappa shape index (κ3) is 3.70. The first-order valence-corrected chi connectivity index (χ1v) is 6.29. The summed E-state index contributed by atoms with van der Waals surface area (Å²) in [5.41, 5.74) is 5.84. The summed E-state index contributed by atoms with van der Waals surface area (Å²) in [6.07, 6.45) is 2.52. The first kappa shape index (κ1) is 13.9. The molecule has 0 spiro atoms. The van der Waals surface area contributed by atoms with Gasteiger partial charge in [-0.05, 0) is 26.7 Å². The normalized spacial score (nSPS) is 29.2. The van der Waals surface area contributed by atoms with Crippen LogP contribution >= 0.6 is 0 Å². The van der Waals surface area contributed by atoms with Crippen molar-refractivity contribution in [2.75, 3.05) is 33.4 Å². The fraction of sp³-hybridized carbons (Fsp3) is 1.00. The monoisotopic (exact) mass is 230 g/mol. The molecular formula is C12H26N2O2. The summed E-state index contributed by atoms with van der Waals surface area (Å²) >= 11 is 0. The number of piperidine rings is 1. The fourth-order valence-corrected chi connectivity index (χ4v) is 2.44. The molecule has 0 amide bonds. The van der Waals surface area contributed by atoms with E-state index in [-0.39, 0.29) is 0 Å². The molecule has 4 nitrogen and oxygen atoms in total. The number of rotatable bonds is 6. The number of nitrogens with zero attached hydrogens (tertiary/aromatic N) is 1. The summed E-state index contributed by atoms with van der Waals surface area (Å²) in [7, 11) is 1.79. The third-order valence-electron chi connectivity index (χ3n) is 3.45. The van der Waals surface area contributed by atoms with E-state index in [2.05, 4.69) is 11.8 Å². The molecule has 1 heterocycles. The van der Waals surface area contributed by atoms with Crippen molar-refractivity contribution in [3.8, 4) is 0 Å². The predicted molar refractivity (Wildman–Crippen MR) is 65.5 cm³/mol. The molecular weight excluding hydrogens is 204 g/mol. The SMILES string of the molecule is CCOCC(C)N1CCC(OC)CC1CN. The molecule has 2 N–H and O–H groups in total. The first-order chi connectivity index (χ1) is 7.72. The Hall–Kier alpha value is -0.160. The van der Waals surface area contributed by atoms with Crippen LogP contribution in [0.2, 0.25) is 0 Å². The van der Waals surface area contributed by atoms with Gasteiger partial charge in [-0.1, -0.05) is 0 Å². The summed E-state index contributed by atoms with van der Waals surface area (Å²) in [5.74, 6) is 0. The quantitative estimate of drug-likeness (QED) is 0.735. The molecule has 0 aromatic heterocycles. The van der Waals surface area contributed by atoms with Crippen molar-refractivity contribution >= 4 is 0 Å². The van der Waals surface area contributed by atoms with Gasteiger partial charge >= 0.3 is 0 Å². The molecule has 1 fully saturated rings. The Bertz CT molecular complexity index is 190. The number of hydrogen-bond donors (Lipinski definition) is 1. The first-order valence-electron chi connectivity index (χ1n) is 6.29. The van der Waals surface area contributed by atoms with Crippen molar-refractivity contribution in [3.05, 3.63) is 0 Å². The molecule has 1 aliphatic rings. The summed E-state index contributed by atoms with van der Waals surface area (Å²) in [4.78, 5) is 2.46. The Balaban J connectivity index is 2.45. The molecule has 0 aromatic rings. The predicted octanol–water partition coefficient (Wildman–Crippen LogP) is 0.850. The molecule has 3 atom stereocenters. The number of nitrogens with two attached hydrogens (primary N) is 1. The number of ether oxygens (including phenoxy) is 2. The topological polar surface area (TPSA) is 47.7 Å². The Morgan fingerprint density at radius 2 is 2.25 bits per heavy atom. The Morgan fingerprint density at radius 1 is 1.50 bits per heavy atom. The van der Waals surface area contributed by atoms with Crippen molar-refractivity contribution in [2.45, 2.75) is 44.9 Å². The molecule has 96 valence electrons. The van der Waals surface area contributed by atoms with Gasteiger partial charge in [0.25, 0.3) is 0 Å². The van der Waals surface area contributed by atoms with Crippen molar-refractivity contribution in [1.82, 2.24) is 4.90 Å². The van der Waals surface area contributed by atoms with Crippen molar-refractivity contribution in [2.24, 2.45) is 5.73 Å². The van der Waals surface area contributed by atoms with Crippen LogP contribution in [0.5, 0.6) is 0 Å². The zero-order chi connectivity index (χ0) is 12.0. The van der Waals surface area contributed by atoms with Crippen LogP contribution in [0.25, 0.3) is 0 Å². The van der Waals surface area contributed by atoms with Gasteiger partial charge in [0.1, 0.15) is 0 Å². The summed E-state index contributed by atoms with van der Waals surface area (Å²) in [6, 6.07) is 0.889. The molecule has 1 aliphatic heterocycles. The highest BCUT2D eigenvalue weighted by Crippen LogP contribution is 2.21. The lowest BCUT2D eigenvalue weighted by Crippen LogP contribution is -2.53. The minimum atomic E-state index is 0.379. The maximum atomic E-state index is 5.84. The van der Waals surface area contributed by atoms with Gasteiger partial charge in [-0.25, -0.2) is 0 Å². The number of likely N-dealkylation sites (tertiary alicyclic amines) is 1. The van der Waals surface area contributed by atoms with Crippen molar-refractivity contribution < 1.29 is 9.47 Å². The lowest BCUT2D eigenvalue weighted by atomic mass is 9.97. The van der Waals surface area contributed by atoms with Crippen LogP contribution in [0.1, 0.15) is 26.7 Å². The van der Waals surface area contributed by atoms with E-state index in [0.29, 0.717) is 24.7 Å². The Kier molecular flexibility index (Phi) is 6.28. The highest BCUT2D eigenvalue weighted by molar-refractivity contribution is 4.85. The molecule has 0 aliphatic carbocycles. The maximum absolute atomic E-state index is 5.84. The van der Waals surface area contributed by atoms with Gasteiger partial charge in [0, 0.05) is 38.9 Å². The van der Waals surface area contributed by atoms with E-state index < -0.39 is 0 Å². The van der Waals surface area contributed by atoms with E-state index in [1.54, 1.807) is 7.11 Å². The highest BCUT2D eigenvalue weighted by Gasteiger charge is 2.30. The summed E-state index contributed by atoms with van der Waals surface area (Å²) in [5, 5.41) is 0. The zero-order valence-electron chi connectivity index (χ0n) is 10.8.